The Morgan fingerprint density at radius 3 is 2.45 bits per heavy atom. The maximum atomic E-state index is 13.1. The summed E-state index contributed by atoms with van der Waals surface area (Å²) in [5, 5.41) is 6.73. The molecular formula is C24H21FN2O4. The van der Waals surface area contributed by atoms with Gasteiger partial charge in [0, 0.05) is 11.1 Å². The number of amides is 1. The van der Waals surface area contributed by atoms with E-state index in [9.17, 15) is 9.18 Å². The number of nitrogens with one attached hydrogen (secondary N) is 1. The number of carbonyl (C=O) groups excluding carboxylic acids is 1. The van der Waals surface area contributed by atoms with Crippen LogP contribution in [0.5, 0.6) is 5.75 Å². The van der Waals surface area contributed by atoms with Crippen LogP contribution in [-0.4, -0.2) is 11.1 Å². The van der Waals surface area contributed by atoms with Crippen molar-refractivity contribution in [3.8, 4) is 17.1 Å². The minimum Gasteiger partial charge on any atom is -0.489 e. The fraction of sp³-hybridized carbons (Fsp3) is 0.167. The summed E-state index contributed by atoms with van der Waals surface area (Å²) in [7, 11) is 0. The van der Waals surface area contributed by atoms with Gasteiger partial charge in [-0.05, 0) is 74.5 Å². The molecule has 0 saturated heterocycles. The molecule has 2 aromatic heterocycles. The van der Waals surface area contributed by atoms with Crippen molar-refractivity contribution in [2.24, 2.45) is 0 Å². The van der Waals surface area contributed by atoms with E-state index in [-0.39, 0.29) is 18.3 Å². The van der Waals surface area contributed by atoms with Gasteiger partial charge in [0.1, 0.15) is 35.5 Å². The lowest BCUT2D eigenvalue weighted by atomic mass is 10.2. The van der Waals surface area contributed by atoms with Gasteiger partial charge < -0.3 is 19.0 Å². The van der Waals surface area contributed by atoms with Crippen molar-refractivity contribution in [3.05, 3.63) is 94.8 Å². The van der Waals surface area contributed by atoms with Crippen LogP contribution in [0.3, 0.4) is 0 Å². The van der Waals surface area contributed by atoms with E-state index >= 15 is 0 Å². The molecule has 158 valence electrons. The first-order chi connectivity index (χ1) is 15.0. The Morgan fingerprint density at radius 1 is 1.03 bits per heavy atom. The summed E-state index contributed by atoms with van der Waals surface area (Å²) in [5.41, 5.74) is 3.00. The summed E-state index contributed by atoms with van der Waals surface area (Å²) in [6, 6.07) is 16.5. The van der Waals surface area contributed by atoms with Gasteiger partial charge in [0.05, 0.1) is 17.8 Å². The standard InChI is InChI=1S/C24H21FN2O4/c1-15-22(16(2)31-27-15)14-29-20-9-5-18(6-10-20)24(28)26-13-21-11-12-23(30-21)17-3-7-19(25)8-4-17/h3-12H,13-14H2,1-2H3,(H,26,28). The smallest absolute Gasteiger partial charge is 0.251 e. The third-order valence-corrected chi connectivity index (χ3v) is 4.89. The molecule has 0 saturated carbocycles. The van der Waals surface area contributed by atoms with E-state index in [0.29, 0.717) is 29.4 Å². The molecule has 31 heavy (non-hydrogen) atoms. The number of halogens is 1. The highest BCUT2D eigenvalue weighted by molar-refractivity contribution is 5.94. The minimum atomic E-state index is -0.303. The van der Waals surface area contributed by atoms with E-state index in [1.54, 1.807) is 48.5 Å². The number of hydrogen-bond donors (Lipinski definition) is 1. The molecule has 4 rings (SSSR count). The van der Waals surface area contributed by atoms with Crippen LogP contribution >= 0.6 is 0 Å². The van der Waals surface area contributed by atoms with Crippen LogP contribution in [0.15, 0.2) is 69.6 Å². The molecule has 7 heteroatoms. The van der Waals surface area contributed by atoms with Crippen LogP contribution in [0, 0.1) is 19.7 Å². The maximum Gasteiger partial charge on any atom is 0.251 e. The highest BCUT2D eigenvalue weighted by Gasteiger charge is 2.11. The predicted octanol–water partition coefficient (Wildman–Crippen LogP) is 5.20. The summed E-state index contributed by atoms with van der Waals surface area (Å²) in [6.07, 6.45) is 0. The van der Waals surface area contributed by atoms with Gasteiger partial charge in [0.25, 0.3) is 5.91 Å². The quantitative estimate of drug-likeness (QED) is 0.445. The van der Waals surface area contributed by atoms with E-state index in [1.807, 2.05) is 13.8 Å². The van der Waals surface area contributed by atoms with Crippen molar-refractivity contribution < 1.29 is 22.9 Å². The SMILES string of the molecule is Cc1noc(C)c1COc1ccc(C(=O)NCc2ccc(-c3ccc(F)cc3)o2)cc1. The van der Waals surface area contributed by atoms with E-state index in [0.717, 1.165) is 22.6 Å². The number of furan rings is 1. The molecule has 0 unspecified atom stereocenters. The van der Waals surface area contributed by atoms with Crippen LogP contribution in [0.25, 0.3) is 11.3 Å². The molecule has 0 fully saturated rings. The summed E-state index contributed by atoms with van der Waals surface area (Å²) >= 11 is 0. The minimum absolute atomic E-state index is 0.225. The molecule has 0 aliphatic heterocycles. The van der Waals surface area contributed by atoms with E-state index in [2.05, 4.69) is 10.5 Å². The normalized spacial score (nSPS) is 10.8. The molecule has 0 radical (unpaired) electrons. The van der Waals surface area contributed by atoms with Gasteiger partial charge >= 0.3 is 0 Å². The second-order valence-corrected chi connectivity index (χ2v) is 7.07. The predicted molar refractivity (Wildman–Crippen MR) is 112 cm³/mol. The number of carbonyl (C=O) groups is 1. The number of rotatable bonds is 7. The van der Waals surface area contributed by atoms with Crippen molar-refractivity contribution in [2.45, 2.75) is 27.0 Å². The molecule has 6 nitrogen and oxygen atoms in total. The van der Waals surface area contributed by atoms with Crippen molar-refractivity contribution in [1.29, 1.82) is 0 Å². The second-order valence-electron chi connectivity index (χ2n) is 7.07. The molecule has 0 spiro atoms. The maximum absolute atomic E-state index is 13.1. The van der Waals surface area contributed by atoms with Gasteiger partial charge in [-0.2, -0.15) is 0 Å². The van der Waals surface area contributed by atoms with Gasteiger partial charge in [-0.1, -0.05) is 5.16 Å². The van der Waals surface area contributed by atoms with Crippen LogP contribution in [0.2, 0.25) is 0 Å². The van der Waals surface area contributed by atoms with E-state index < -0.39 is 0 Å². The highest BCUT2D eigenvalue weighted by Crippen LogP contribution is 2.22. The van der Waals surface area contributed by atoms with Crippen LogP contribution in [0.4, 0.5) is 4.39 Å². The lowest BCUT2D eigenvalue weighted by Gasteiger charge is -2.07. The lowest BCUT2D eigenvalue weighted by molar-refractivity contribution is 0.0948. The van der Waals surface area contributed by atoms with Crippen molar-refractivity contribution >= 4 is 5.91 Å². The average molecular weight is 420 g/mol. The van der Waals surface area contributed by atoms with Crippen molar-refractivity contribution in [1.82, 2.24) is 10.5 Å². The van der Waals surface area contributed by atoms with Gasteiger partial charge in [-0.3, -0.25) is 4.79 Å². The topological polar surface area (TPSA) is 77.5 Å². The van der Waals surface area contributed by atoms with Crippen molar-refractivity contribution in [2.75, 3.05) is 0 Å². The zero-order chi connectivity index (χ0) is 21.8. The molecular weight excluding hydrogens is 399 g/mol. The number of nitrogens with zero attached hydrogens (tertiary/aromatic N) is 1. The number of hydrogen-bond acceptors (Lipinski definition) is 5. The van der Waals surface area contributed by atoms with Crippen LogP contribution in [0.1, 0.15) is 33.1 Å². The van der Waals surface area contributed by atoms with Crippen molar-refractivity contribution in [3.63, 3.8) is 0 Å². The zero-order valence-corrected chi connectivity index (χ0v) is 17.1. The Bertz CT molecular complexity index is 1160. The summed E-state index contributed by atoms with van der Waals surface area (Å²) < 4.78 is 29.7. The first-order valence-corrected chi connectivity index (χ1v) is 9.77. The van der Waals surface area contributed by atoms with Gasteiger partial charge in [0.15, 0.2) is 0 Å². The molecule has 0 aliphatic rings. The Labute approximate surface area is 178 Å². The summed E-state index contributed by atoms with van der Waals surface area (Å²) in [4.78, 5) is 12.4. The molecule has 2 aromatic carbocycles. The highest BCUT2D eigenvalue weighted by atomic mass is 19.1. The third-order valence-electron chi connectivity index (χ3n) is 4.89. The summed E-state index contributed by atoms with van der Waals surface area (Å²) in [6.45, 7) is 4.30. The number of benzene rings is 2. The molecule has 1 N–H and O–H groups in total. The van der Waals surface area contributed by atoms with Gasteiger partial charge in [-0.25, -0.2) is 4.39 Å². The van der Waals surface area contributed by atoms with Gasteiger partial charge in [-0.15, -0.1) is 0 Å². The third kappa shape index (κ3) is 4.83. The molecule has 0 atom stereocenters. The molecule has 0 aliphatic carbocycles. The molecule has 4 aromatic rings. The number of aryl methyl sites for hydroxylation is 2. The fourth-order valence-corrected chi connectivity index (χ4v) is 3.08. The summed E-state index contributed by atoms with van der Waals surface area (Å²) in [5.74, 6) is 2.07. The Hall–Kier alpha value is -3.87. The number of ether oxygens (including phenoxy) is 1. The fourth-order valence-electron chi connectivity index (χ4n) is 3.08. The Balaban J connectivity index is 1.31. The zero-order valence-electron chi connectivity index (χ0n) is 17.1. The molecule has 0 bridgehead atoms. The largest absolute Gasteiger partial charge is 0.489 e. The van der Waals surface area contributed by atoms with Gasteiger partial charge in [0.2, 0.25) is 0 Å². The average Bonchev–Trinajstić information content (AvgIpc) is 3.38. The molecule has 2 heterocycles. The van der Waals surface area contributed by atoms with E-state index in [1.165, 1.54) is 12.1 Å². The lowest BCUT2D eigenvalue weighted by Crippen LogP contribution is -2.22. The first kappa shape index (κ1) is 20.4. The number of aromatic nitrogens is 1. The monoisotopic (exact) mass is 420 g/mol. The second kappa shape index (κ2) is 8.87. The van der Waals surface area contributed by atoms with Crippen LogP contribution < -0.4 is 10.1 Å². The molecule has 1 amide bonds. The van der Waals surface area contributed by atoms with E-state index in [4.69, 9.17) is 13.7 Å². The Kier molecular flexibility index (Phi) is 5.84. The Morgan fingerprint density at radius 2 is 1.77 bits per heavy atom. The van der Waals surface area contributed by atoms with Crippen LogP contribution in [-0.2, 0) is 13.2 Å². The first-order valence-electron chi connectivity index (χ1n) is 9.77.